The van der Waals surface area contributed by atoms with E-state index in [9.17, 15) is 17.2 Å². The topological polar surface area (TPSA) is 87.2 Å². The van der Waals surface area contributed by atoms with Crippen LogP contribution in [-0.2, 0) is 23.1 Å². The van der Waals surface area contributed by atoms with Gasteiger partial charge < -0.3 is 5.32 Å². The molecule has 4 rings (SSSR count). The second-order valence-electron chi connectivity index (χ2n) is 8.05. The van der Waals surface area contributed by atoms with Gasteiger partial charge in [-0.15, -0.1) is 11.3 Å². The lowest BCUT2D eigenvalue weighted by molar-refractivity contribution is -0.0227. The summed E-state index contributed by atoms with van der Waals surface area (Å²) in [7, 11) is -3.86. The Morgan fingerprint density at radius 3 is 2.69 bits per heavy atom. The second-order valence-corrected chi connectivity index (χ2v) is 10.4. The molecule has 3 aromatic rings. The Hall–Kier alpha value is -2.63. The van der Waals surface area contributed by atoms with E-state index in [1.165, 1.54) is 29.0 Å². The van der Waals surface area contributed by atoms with Gasteiger partial charge in [0, 0.05) is 37.1 Å². The molecule has 7 nitrogen and oxygen atoms in total. The van der Waals surface area contributed by atoms with Gasteiger partial charge in [0.05, 0.1) is 16.9 Å². The molecular weight excluding hydrogens is 456 g/mol. The highest BCUT2D eigenvalue weighted by Gasteiger charge is 2.38. The summed E-state index contributed by atoms with van der Waals surface area (Å²) < 4.78 is 55.7. The number of halogens is 2. The van der Waals surface area contributed by atoms with E-state index >= 15 is 0 Å². The predicted octanol–water partition coefficient (Wildman–Crippen LogP) is 3.94. The summed E-state index contributed by atoms with van der Waals surface area (Å²) in [6.45, 7) is 4.53. The molecule has 0 radical (unpaired) electrons. The smallest absolute Gasteiger partial charge is 0.280 e. The van der Waals surface area contributed by atoms with Gasteiger partial charge in [-0.05, 0) is 37.6 Å². The first kappa shape index (κ1) is 22.6. The fourth-order valence-corrected chi connectivity index (χ4v) is 5.25. The summed E-state index contributed by atoms with van der Waals surface area (Å²) in [5.74, 6) is -0.116. The molecule has 0 atom stereocenters. The van der Waals surface area contributed by atoms with Crippen molar-refractivity contribution >= 4 is 32.9 Å². The molecular formula is C21H23F2N5O2S2. The number of alkyl halides is 1. The molecule has 11 heteroatoms. The van der Waals surface area contributed by atoms with Crippen molar-refractivity contribution in [3.8, 4) is 0 Å². The molecule has 1 saturated heterocycles. The Kier molecular flexibility index (Phi) is 6.15. The third-order valence-corrected chi connectivity index (χ3v) is 7.02. The fourth-order valence-electron chi connectivity index (χ4n) is 3.70. The molecule has 2 aromatic heterocycles. The molecule has 0 amide bonds. The van der Waals surface area contributed by atoms with Gasteiger partial charge in [-0.3, -0.25) is 9.62 Å². The Balaban J connectivity index is 1.46. The van der Waals surface area contributed by atoms with Crippen molar-refractivity contribution in [2.45, 2.75) is 37.6 Å². The van der Waals surface area contributed by atoms with Gasteiger partial charge in [-0.1, -0.05) is 12.1 Å². The first-order valence-electron chi connectivity index (χ1n) is 9.93. The highest BCUT2D eigenvalue weighted by Crippen LogP contribution is 2.28. The molecule has 1 aromatic carbocycles. The molecule has 3 heterocycles. The summed E-state index contributed by atoms with van der Waals surface area (Å²) >= 11 is 1.28. The summed E-state index contributed by atoms with van der Waals surface area (Å²) in [6, 6.07) is 7.85. The number of benzene rings is 1. The molecule has 1 fully saturated rings. The number of likely N-dealkylation sites (tertiary alicyclic amines) is 1. The number of pyridine rings is 1. The number of rotatable bonds is 8. The number of aryl methyl sites for hydroxylation is 1. The normalized spacial score (nSPS) is 15.9. The summed E-state index contributed by atoms with van der Waals surface area (Å²) in [5.41, 5.74) is 2.66. The number of aromatic nitrogens is 2. The SMILES string of the molecule is Cc1nc(S(=O)(=O)Nc2cscn2)ccc1NCc1c(F)cccc1CN1CC(C)(F)C1. The Morgan fingerprint density at radius 2 is 2.03 bits per heavy atom. The van der Waals surface area contributed by atoms with Gasteiger partial charge in [0.15, 0.2) is 10.8 Å². The van der Waals surface area contributed by atoms with E-state index in [1.54, 1.807) is 31.4 Å². The van der Waals surface area contributed by atoms with Crippen LogP contribution in [0.1, 0.15) is 23.7 Å². The number of nitrogens with zero attached hydrogens (tertiary/aromatic N) is 3. The van der Waals surface area contributed by atoms with Crippen LogP contribution in [0.2, 0.25) is 0 Å². The second kappa shape index (κ2) is 8.72. The predicted molar refractivity (Wildman–Crippen MR) is 120 cm³/mol. The molecule has 32 heavy (non-hydrogen) atoms. The number of anilines is 2. The van der Waals surface area contributed by atoms with E-state index in [0.29, 0.717) is 36.6 Å². The average molecular weight is 480 g/mol. The van der Waals surface area contributed by atoms with E-state index in [1.807, 2.05) is 11.0 Å². The van der Waals surface area contributed by atoms with Gasteiger partial charge in [0.2, 0.25) is 0 Å². The van der Waals surface area contributed by atoms with Crippen molar-refractivity contribution in [1.29, 1.82) is 0 Å². The maximum absolute atomic E-state index is 14.5. The third-order valence-electron chi connectivity index (χ3n) is 5.18. The number of thiazole rings is 1. The molecule has 2 N–H and O–H groups in total. The zero-order chi connectivity index (χ0) is 22.9. The van der Waals surface area contributed by atoms with Gasteiger partial charge in [0.1, 0.15) is 11.5 Å². The van der Waals surface area contributed by atoms with Crippen molar-refractivity contribution in [2.24, 2.45) is 0 Å². The monoisotopic (exact) mass is 479 g/mol. The molecule has 170 valence electrons. The maximum atomic E-state index is 14.5. The fraction of sp³-hybridized carbons (Fsp3) is 0.333. The number of hydrogen-bond donors (Lipinski definition) is 2. The number of hydrogen-bond acceptors (Lipinski definition) is 7. The van der Waals surface area contributed by atoms with Crippen LogP contribution in [0, 0.1) is 12.7 Å². The standard InChI is InChI=1S/C21H23F2N5O2S2/c1-14-18(6-7-20(26-14)32(29,30)27-19-10-31-13-25-19)24-8-16-15(4-3-5-17(16)22)9-28-11-21(2,23)12-28/h3-7,10,13,24,27H,8-9,11-12H2,1-2H3. The average Bonchev–Trinajstić information content (AvgIpc) is 3.19. The molecule has 0 saturated carbocycles. The van der Waals surface area contributed by atoms with Gasteiger partial charge in [-0.2, -0.15) is 8.42 Å². The maximum Gasteiger partial charge on any atom is 0.280 e. The van der Waals surface area contributed by atoms with E-state index in [-0.39, 0.29) is 23.2 Å². The van der Waals surface area contributed by atoms with Crippen LogP contribution in [0.15, 0.2) is 46.2 Å². The van der Waals surface area contributed by atoms with Crippen molar-refractivity contribution in [3.63, 3.8) is 0 Å². The lowest BCUT2D eigenvalue weighted by Gasteiger charge is -2.42. The molecule has 0 unspecified atom stereocenters. The van der Waals surface area contributed by atoms with Crippen LogP contribution < -0.4 is 10.0 Å². The van der Waals surface area contributed by atoms with Crippen molar-refractivity contribution in [3.05, 3.63) is 63.9 Å². The lowest BCUT2D eigenvalue weighted by atomic mass is 9.97. The highest BCUT2D eigenvalue weighted by molar-refractivity contribution is 7.92. The number of nitrogens with one attached hydrogen (secondary N) is 2. The highest BCUT2D eigenvalue weighted by atomic mass is 32.2. The van der Waals surface area contributed by atoms with Gasteiger partial charge >= 0.3 is 0 Å². The summed E-state index contributed by atoms with van der Waals surface area (Å²) in [4.78, 5) is 10.0. The van der Waals surface area contributed by atoms with Crippen molar-refractivity contribution < 1.29 is 17.2 Å². The van der Waals surface area contributed by atoms with Crippen LogP contribution in [0.5, 0.6) is 0 Å². The first-order chi connectivity index (χ1) is 15.1. The van der Waals surface area contributed by atoms with Crippen LogP contribution in [0.25, 0.3) is 0 Å². The van der Waals surface area contributed by atoms with Gasteiger partial charge in [0.25, 0.3) is 10.0 Å². The number of sulfonamides is 1. The minimum atomic E-state index is -3.86. The van der Waals surface area contributed by atoms with Crippen LogP contribution in [-0.4, -0.2) is 42.0 Å². The van der Waals surface area contributed by atoms with Crippen LogP contribution in [0.3, 0.4) is 0 Å². The minimum absolute atomic E-state index is 0.132. The zero-order valence-electron chi connectivity index (χ0n) is 17.6. The minimum Gasteiger partial charge on any atom is -0.379 e. The third kappa shape index (κ3) is 5.05. The van der Waals surface area contributed by atoms with Gasteiger partial charge in [-0.25, -0.2) is 18.7 Å². The zero-order valence-corrected chi connectivity index (χ0v) is 19.2. The summed E-state index contributed by atoms with van der Waals surface area (Å²) in [6.07, 6.45) is 0. The van der Waals surface area contributed by atoms with Crippen LogP contribution >= 0.6 is 11.3 Å². The van der Waals surface area contributed by atoms with E-state index in [4.69, 9.17) is 0 Å². The largest absolute Gasteiger partial charge is 0.379 e. The molecule has 0 bridgehead atoms. The Bertz CT molecular complexity index is 1210. The lowest BCUT2D eigenvalue weighted by Crippen LogP contribution is -2.56. The van der Waals surface area contributed by atoms with E-state index in [0.717, 1.165) is 5.56 Å². The molecule has 0 spiro atoms. The summed E-state index contributed by atoms with van der Waals surface area (Å²) in [5, 5.41) is 4.59. The van der Waals surface area contributed by atoms with Crippen molar-refractivity contribution in [2.75, 3.05) is 23.1 Å². The first-order valence-corrected chi connectivity index (χ1v) is 12.4. The van der Waals surface area contributed by atoms with Crippen molar-refractivity contribution in [1.82, 2.24) is 14.9 Å². The Labute approximate surface area is 189 Å². The molecule has 1 aliphatic heterocycles. The quantitative estimate of drug-likeness (QED) is 0.509. The van der Waals surface area contributed by atoms with E-state index in [2.05, 4.69) is 20.0 Å². The molecule has 1 aliphatic rings. The van der Waals surface area contributed by atoms with Crippen LogP contribution in [0.4, 0.5) is 20.3 Å². The Morgan fingerprint density at radius 1 is 1.25 bits per heavy atom. The molecule has 0 aliphatic carbocycles. The van der Waals surface area contributed by atoms with E-state index < -0.39 is 15.7 Å².